The summed E-state index contributed by atoms with van der Waals surface area (Å²) in [4.78, 5) is 0. The maximum absolute atomic E-state index is 12.7. The van der Waals surface area contributed by atoms with Crippen LogP contribution in [0.5, 0.6) is 0 Å². The summed E-state index contributed by atoms with van der Waals surface area (Å²) in [5.41, 5.74) is -0.976. The summed E-state index contributed by atoms with van der Waals surface area (Å²) in [7, 11) is -4.46. The van der Waals surface area contributed by atoms with Crippen molar-refractivity contribution in [2.24, 2.45) is 0 Å². The first-order chi connectivity index (χ1) is 8.70. The number of ether oxygens (including phenoxy) is 2. The van der Waals surface area contributed by atoms with Gasteiger partial charge in [0.25, 0.3) is 0 Å². The fourth-order valence-electron chi connectivity index (χ4n) is 2.38. The minimum atomic E-state index is -4.78. The molecule has 0 aromatic carbocycles. The van der Waals surface area contributed by atoms with Crippen LogP contribution in [0.1, 0.15) is 13.3 Å². The van der Waals surface area contributed by atoms with Crippen LogP contribution in [0, 0.1) is 0 Å². The molecule has 0 amide bonds. The van der Waals surface area contributed by atoms with E-state index in [0.29, 0.717) is 20.0 Å². The predicted octanol–water partition coefficient (Wildman–Crippen LogP) is 0.758. The maximum atomic E-state index is 12.7. The van der Waals surface area contributed by atoms with Gasteiger partial charge in [-0.1, -0.05) is 0 Å². The number of morpholine rings is 1. The zero-order valence-electron chi connectivity index (χ0n) is 10.4. The van der Waals surface area contributed by atoms with Crippen LogP contribution in [-0.4, -0.2) is 62.7 Å². The molecule has 0 N–H and O–H groups in total. The highest BCUT2D eigenvalue weighted by atomic mass is 32.2. The van der Waals surface area contributed by atoms with Crippen molar-refractivity contribution >= 4 is 10.0 Å². The molecule has 1 spiro atoms. The fraction of sp³-hybridized carbons (Fsp3) is 1.00. The van der Waals surface area contributed by atoms with E-state index in [9.17, 15) is 21.6 Å². The second-order valence-electron chi connectivity index (χ2n) is 4.88. The van der Waals surface area contributed by atoms with Gasteiger partial charge < -0.3 is 9.47 Å². The molecule has 0 aliphatic carbocycles. The van der Waals surface area contributed by atoms with Crippen LogP contribution in [0.3, 0.4) is 0 Å². The molecular weight excluding hydrogens is 287 g/mol. The average Bonchev–Trinajstić information content (AvgIpc) is 2.76. The van der Waals surface area contributed by atoms with Gasteiger partial charge in [-0.15, -0.1) is 0 Å². The van der Waals surface area contributed by atoms with Crippen molar-refractivity contribution in [1.82, 2.24) is 4.31 Å². The standard InChI is InChI=1S/C10H16F3NO4S/c1-8(10(11,12)13)19(15,16)14-3-5-18-7-9(14)2-4-17-6-9/h8H,2-7H2,1H3/t8-,9-/m1/s1. The van der Waals surface area contributed by atoms with Crippen molar-refractivity contribution in [2.75, 3.05) is 33.0 Å². The van der Waals surface area contributed by atoms with Crippen LogP contribution >= 0.6 is 0 Å². The summed E-state index contributed by atoms with van der Waals surface area (Å²) >= 11 is 0. The molecule has 0 saturated carbocycles. The molecule has 2 saturated heterocycles. The lowest BCUT2D eigenvalue weighted by Crippen LogP contribution is -2.62. The van der Waals surface area contributed by atoms with E-state index < -0.39 is 27.0 Å². The third-order valence-electron chi connectivity index (χ3n) is 3.64. The highest BCUT2D eigenvalue weighted by Gasteiger charge is 2.55. The van der Waals surface area contributed by atoms with Crippen LogP contribution in [0.4, 0.5) is 13.2 Å². The van der Waals surface area contributed by atoms with Crippen molar-refractivity contribution < 1.29 is 31.1 Å². The molecule has 0 radical (unpaired) electrons. The monoisotopic (exact) mass is 303 g/mol. The first kappa shape index (κ1) is 15.0. The van der Waals surface area contributed by atoms with Crippen LogP contribution in [0.15, 0.2) is 0 Å². The van der Waals surface area contributed by atoms with Gasteiger partial charge in [0.05, 0.1) is 25.4 Å². The molecular formula is C10H16F3NO4S. The summed E-state index contributed by atoms with van der Waals surface area (Å²) in [5, 5.41) is -2.42. The molecule has 5 nitrogen and oxygen atoms in total. The van der Waals surface area contributed by atoms with Gasteiger partial charge in [-0.25, -0.2) is 8.42 Å². The second-order valence-corrected chi connectivity index (χ2v) is 7.06. The Hall–Kier alpha value is -0.380. The van der Waals surface area contributed by atoms with Gasteiger partial charge in [-0.3, -0.25) is 0 Å². The van der Waals surface area contributed by atoms with Crippen molar-refractivity contribution in [3.8, 4) is 0 Å². The minimum absolute atomic E-state index is 0.0634. The number of sulfonamides is 1. The Bertz CT molecular complexity index is 431. The smallest absolute Gasteiger partial charge is 0.379 e. The summed E-state index contributed by atoms with van der Waals surface area (Å²) in [6.45, 7) is 1.20. The number of hydrogen-bond acceptors (Lipinski definition) is 4. The number of hydrogen-bond donors (Lipinski definition) is 0. The largest absolute Gasteiger partial charge is 0.406 e. The van der Waals surface area contributed by atoms with Gasteiger partial charge in [0.15, 0.2) is 5.25 Å². The molecule has 0 unspecified atom stereocenters. The molecule has 2 atom stereocenters. The van der Waals surface area contributed by atoms with E-state index in [4.69, 9.17) is 9.47 Å². The van der Waals surface area contributed by atoms with Gasteiger partial charge in [0.1, 0.15) is 0 Å². The molecule has 0 bridgehead atoms. The van der Waals surface area contributed by atoms with Gasteiger partial charge in [-0.2, -0.15) is 17.5 Å². The molecule has 2 fully saturated rings. The Labute approximate surface area is 109 Å². The van der Waals surface area contributed by atoms with Gasteiger partial charge in [0.2, 0.25) is 10.0 Å². The summed E-state index contributed by atoms with van der Waals surface area (Å²) < 4.78 is 73.8. The Kier molecular flexibility index (Phi) is 3.85. The van der Waals surface area contributed by atoms with Gasteiger partial charge in [0, 0.05) is 13.2 Å². The quantitative estimate of drug-likeness (QED) is 0.756. The van der Waals surface area contributed by atoms with E-state index in [1.54, 1.807) is 0 Å². The number of rotatable bonds is 2. The van der Waals surface area contributed by atoms with Crippen LogP contribution in [0.2, 0.25) is 0 Å². The van der Waals surface area contributed by atoms with E-state index in [2.05, 4.69) is 0 Å². The second kappa shape index (κ2) is 4.87. The first-order valence-corrected chi connectivity index (χ1v) is 7.44. The lowest BCUT2D eigenvalue weighted by atomic mass is 9.99. The Morgan fingerprint density at radius 3 is 2.26 bits per heavy atom. The van der Waals surface area contributed by atoms with Gasteiger partial charge >= 0.3 is 6.18 Å². The van der Waals surface area contributed by atoms with E-state index >= 15 is 0 Å². The summed E-state index contributed by atoms with van der Waals surface area (Å²) in [5.74, 6) is 0. The number of nitrogens with zero attached hydrogens (tertiary/aromatic N) is 1. The lowest BCUT2D eigenvalue weighted by molar-refractivity contribution is -0.129. The first-order valence-electron chi connectivity index (χ1n) is 5.94. The van der Waals surface area contributed by atoms with Crippen LogP contribution in [-0.2, 0) is 19.5 Å². The molecule has 9 heteroatoms. The van der Waals surface area contributed by atoms with Crippen LogP contribution < -0.4 is 0 Å². The molecule has 2 aliphatic heterocycles. The lowest BCUT2D eigenvalue weighted by Gasteiger charge is -2.43. The van der Waals surface area contributed by atoms with Crippen molar-refractivity contribution in [3.05, 3.63) is 0 Å². The molecule has 2 rings (SSSR count). The number of alkyl halides is 3. The molecule has 19 heavy (non-hydrogen) atoms. The van der Waals surface area contributed by atoms with E-state index in [-0.39, 0.29) is 26.4 Å². The van der Waals surface area contributed by atoms with E-state index in [1.807, 2.05) is 0 Å². The normalized spacial score (nSPS) is 31.8. The summed E-state index contributed by atoms with van der Waals surface area (Å²) in [6.07, 6.45) is -4.42. The third kappa shape index (κ3) is 2.61. The Morgan fingerprint density at radius 2 is 1.79 bits per heavy atom. The number of halogens is 3. The molecule has 2 aliphatic rings. The minimum Gasteiger partial charge on any atom is -0.379 e. The Morgan fingerprint density at radius 1 is 1.21 bits per heavy atom. The van der Waals surface area contributed by atoms with E-state index in [1.165, 1.54) is 0 Å². The van der Waals surface area contributed by atoms with Gasteiger partial charge in [-0.05, 0) is 13.3 Å². The summed E-state index contributed by atoms with van der Waals surface area (Å²) in [6, 6.07) is 0. The van der Waals surface area contributed by atoms with Crippen molar-refractivity contribution in [2.45, 2.75) is 30.3 Å². The Balaban J connectivity index is 2.32. The zero-order chi connectivity index (χ0) is 14.3. The van der Waals surface area contributed by atoms with Crippen molar-refractivity contribution in [3.63, 3.8) is 0 Å². The predicted molar refractivity (Wildman–Crippen MR) is 60.1 cm³/mol. The SMILES string of the molecule is C[C@H](C(F)(F)F)S(=O)(=O)N1CCOC[C@]12CCOC2. The maximum Gasteiger partial charge on any atom is 0.406 e. The van der Waals surface area contributed by atoms with Crippen LogP contribution in [0.25, 0.3) is 0 Å². The fourth-order valence-corrected chi connectivity index (χ4v) is 4.17. The van der Waals surface area contributed by atoms with E-state index in [0.717, 1.165) is 4.31 Å². The molecule has 0 aromatic rings. The highest BCUT2D eigenvalue weighted by molar-refractivity contribution is 7.89. The molecule has 0 aromatic heterocycles. The van der Waals surface area contributed by atoms with Crippen molar-refractivity contribution in [1.29, 1.82) is 0 Å². The zero-order valence-corrected chi connectivity index (χ0v) is 11.3. The molecule has 112 valence electrons. The topological polar surface area (TPSA) is 55.8 Å². The molecule has 2 heterocycles. The average molecular weight is 303 g/mol. The third-order valence-corrected chi connectivity index (χ3v) is 5.98. The highest BCUT2D eigenvalue weighted by Crippen LogP contribution is 2.36.